The van der Waals surface area contributed by atoms with Crippen LogP contribution in [0.15, 0.2) is 29.2 Å². The first kappa shape index (κ1) is 15.3. The molecular weight excluding hydrogens is 276 g/mol. The van der Waals surface area contributed by atoms with Gasteiger partial charge in [0.1, 0.15) is 4.90 Å². The first-order chi connectivity index (χ1) is 9.34. The van der Waals surface area contributed by atoms with Gasteiger partial charge in [-0.05, 0) is 25.0 Å². The van der Waals surface area contributed by atoms with Crippen molar-refractivity contribution in [1.82, 2.24) is 4.72 Å². The molecule has 0 spiro atoms. The van der Waals surface area contributed by atoms with E-state index in [1.807, 2.05) is 13.8 Å². The van der Waals surface area contributed by atoms with Gasteiger partial charge in [-0.3, -0.25) is 0 Å². The second-order valence-corrected chi connectivity index (χ2v) is 7.75. The van der Waals surface area contributed by atoms with Crippen LogP contribution in [0.5, 0.6) is 0 Å². The Balaban J connectivity index is 2.17. The van der Waals surface area contributed by atoms with E-state index < -0.39 is 10.0 Å². The number of sulfonamides is 1. The Kier molecular flexibility index (Phi) is 4.36. The molecule has 2 rings (SSSR count). The summed E-state index contributed by atoms with van der Waals surface area (Å²) in [6.45, 7) is 4.37. The molecule has 0 atom stereocenters. The molecular formula is C14H22N2O3S. The van der Waals surface area contributed by atoms with Crippen molar-refractivity contribution in [2.24, 2.45) is 5.41 Å². The molecule has 0 amide bonds. The third-order valence-electron chi connectivity index (χ3n) is 3.26. The summed E-state index contributed by atoms with van der Waals surface area (Å²) in [5, 5.41) is 12.4. The molecule has 1 aliphatic rings. The first-order valence-corrected chi connectivity index (χ1v) is 8.28. The van der Waals surface area contributed by atoms with E-state index in [-0.39, 0.29) is 23.0 Å². The van der Waals surface area contributed by atoms with Gasteiger partial charge in [-0.2, -0.15) is 0 Å². The Labute approximate surface area is 120 Å². The monoisotopic (exact) mass is 298 g/mol. The van der Waals surface area contributed by atoms with Crippen molar-refractivity contribution >= 4 is 15.7 Å². The van der Waals surface area contributed by atoms with Crippen LogP contribution in [0.1, 0.15) is 26.7 Å². The molecule has 0 aliphatic heterocycles. The molecule has 1 aliphatic carbocycles. The van der Waals surface area contributed by atoms with Crippen LogP contribution in [0.2, 0.25) is 0 Å². The van der Waals surface area contributed by atoms with Gasteiger partial charge in [0, 0.05) is 24.6 Å². The second-order valence-electron chi connectivity index (χ2n) is 6.07. The minimum absolute atomic E-state index is 0.0369. The Bertz CT molecular complexity index is 566. The van der Waals surface area contributed by atoms with Crippen LogP contribution in [0.3, 0.4) is 0 Å². The van der Waals surface area contributed by atoms with Gasteiger partial charge in [-0.25, -0.2) is 13.1 Å². The van der Waals surface area contributed by atoms with E-state index >= 15 is 0 Å². The predicted molar refractivity (Wildman–Crippen MR) is 79.1 cm³/mol. The van der Waals surface area contributed by atoms with Crippen LogP contribution < -0.4 is 10.0 Å². The molecule has 0 radical (unpaired) electrons. The molecule has 1 fully saturated rings. The van der Waals surface area contributed by atoms with Gasteiger partial charge >= 0.3 is 0 Å². The standard InChI is InChI=1S/C14H22N2O3S/c1-14(2,10-17)9-15-12-5-3-4-6-13(12)20(18,19)16-11-7-8-11/h3-6,11,15-17H,7-10H2,1-2H3. The Hall–Kier alpha value is -1.11. The normalized spacial score (nSPS) is 16.1. The summed E-state index contributed by atoms with van der Waals surface area (Å²) < 4.78 is 27.3. The molecule has 3 N–H and O–H groups in total. The zero-order chi connectivity index (χ0) is 14.8. The van der Waals surface area contributed by atoms with Crippen molar-refractivity contribution in [3.63, 3.8) is 0 Å². The lowest BCUT2D eigenvalue weighted by atomic mass is 9.95. The van der Waals surface area contributed by atoms with Crippen LogP contribution in [0, 0.1) is 5.41 Å². The third-order valence-corrected chi connectivity index (χ3v) is 4.84. The van der Waals surface area contributed by atoms with Crippen molar-refractivity contribution in [2.45, 2.75) is 37.6 Å². The lowest BCUT2D eigenvalue weighted by molar-refractivity contribution is 0.171. The second kappa shape index (κ2) is 5.71. The largest absolute Gasteiger partial charge is 0.396 e. The molecule has 20 heavy (non-hydrogen) atoms. The van der Waals surface area contributed by atoms with Crippen molar-refractivity contribution in [3.8, 4) is 0 Å². The Morgan fingerprint density at radius 3 is 2.55 bits per heavy atom. The minimum atomic E-state index is -3.48. The van der Waals surface area contributed by atoms with E-state index in [2.05, 4.69) is 10.0 Å². The number of para-hydroxylation sites is 1. The maximum atomic E-state index is 12.3. The van der Waals surface area contributed by atoms with Gasteiger partial charge in [-0.15, -0.1) is 0 Å². The fourth-order valence-corrected chi connectivity index (χ4v) is 3.21. The molecule has 112 valence electrons. The van der Waals surface area contributed by atoms with Gasteiger partial charge < -0.3 is 10.4 Å². The van der Waals surface area contributed by atoms with Crippen molar-refractivity contribution in [1.29, 1.82) is 0 Å². The van der Waals surface area contributed by atoms with Gasteiger partial charge in [0.15, 0.2) is 0 Å². The average Bonchev–Trinajstić information content (AvgIpc) is 3.20. The lowest BCUT2D eigenvalue weighted by Gasteiger charge is -2.23. The van der Waals surface area contributed by atoms with E-state index in [0.29, 0.717) is 12.2 Å². The van der Waals surface area contributed by atoms with Crippen molar-refractivity contribution in [3.05, 3.63) is 24.3 Å². The lowest BCUT2D eigenvalue weighted by Crippen LogP contribution is -2.29. The quantitative estimate of drug-likeness (QED) is 0.714. The molecule has 0 bridgehead atoms. The van der Waals surface area contributed by atoms with E-state index in [1.165, 1.54) is 0 Å². The SMILES string of the molecule is CC(C)(CO)CNc1ccccc1S(=O)(=O)NC1CC1. The molecule has 1 aromatic rings. The summed E-state index contributed by atoms with van der Waals surface area (Å²) in [4.78, 5) is 0.264. The number of hydrogen-bond donors (Lipinski definition) is 3. The highest BCUT2D eigenvalue weighted by molar-refractivity contribution is 7.89. The number of nitrogens with one attached hydrogen (secondary N) is 2. The summed E-state index contributed by atoms with van der Waals surface area (Å²) in [5.74, 6) is 0. The van der Waals surface area contributed by atoms with Gasteiger partial charge in [0.2, 0.25) is 10.0 Å². The predicted octanol–water partition coefficient (Wildman–Crippen LogP) is 1.56. The molecule has 1 aromatic carbocycles. The van der Waals surface area contributed by atoms with Crippen LogP contribution in [-0.2, 0) is 10.0 Å². The summed E-state index contributed by atoms with van der Waals surface area (Å²) in [6.07, 6.45) is 1.82. The topological polar surface area (TPSA) is 78.4 Å². The van der Waals surface area contributed by atoms with E-state index in [4.69, 9.17) is 0 Å². The number of benzene rings is 1. The smallest absolute Gasteiger partial charge is 0.242 e. The summed E-state index contributed by atoms with van der Waals surface area (Å²) in [6, 6.07) is 6.93. The molecule has 6 heteroatoms. The number of aliphatic hydroxyl groups is 1. The molecule has 0 aromatic heterocycles. The molecule has 0 heterocycles. The van der Waals surface area contributed by atoms with E-state index in [0.717, 1.165) is 12.8 Å². The highest BCUT2D eigenvalue weighted by Crippen LogP contribution is 2.26. The zero-order valence-corrected chi connectivity index (χ0v) is 12.7. The van der Waals surface area contributed by atoms with Gasteiger partial charge in [0.25, 0.3) is 0 Å². The third kappa shape index (κ3) is 3.94. The molecule has 0 saturated heterocycles. The van der Waals surface area contributed by atoms with Crippen molar-refractivity contribution in [2.75, 3.05) is 18.5 Å². The van der Waals surface area contributed by atoms with Crippen LogP contribution in [0.4, 0.5) is 5.69 Å². The van der Waals surface area contributed by atoms with E-state index in [1.54, 1.807) is 24.3 Å². The average molecular weight is 298 g/mol. The highest BCUT2D eigenvalue weighted by atomic mass is 32.2. The maximum Gasteiger partial charge on any atom is 0.242 e. The summed E-state index contributed by atoms with van der Waals surface area (Å²) in [5.41, 5.74) is 0.267. The van der Waals surface area contributed by atoms with Crippen LogP contribution >= 0.6 is 0 Å². The molecule has 5 nitrogen and oxygen atoms in total. The maximum absolute atomic E-state index is 12.3. The fraction of sp³-hybridized carbons (Fsp3) is 0.571. The van der Waals surface area contributed by atoms with Crippen LogP contribution in [-0.4, -0.2) is 32.7 Å². The summed E-state index contributed by atoms with van der Waals surface area (Å²) >= 11 is 0. The van der Waals surface area contributed by atoms with Crippen molar-refractivity contribution < 1.29 is 13.5 Å². The number of anilines is 1. The number of rotatable bonds is 7. The number of hydrogen-bond acceptors (Lipinski definition) is 4. The van der Waals surface area contributed by atoms with Crippen LogP contribution in [0.25, 0.3) is 0 Å². The number of aliphatic hydroxyl groups excluding tert-OH is 1. The minimum Gasteiger partial charge on any atom is -0.396 e. The first-order valence-electron chi connectivity index (χ1n) is 6.80. The zero-order valence-electron chi connectivity index (χ0n) is 11.9. The summed E-state index contributed by atoms with van der Waals surface area (Å²) in [7, 11) is -3.48. The fourth-order valence-electron chi connectivity index (χ4n) is 1.72. The highest BCUT2D eigenvalue weighted by Gasteiger charge is 2.29. The van der Waals surface area contributed by atoms with Gasteiger partial charge in [0.05, 0.1) is 5.69 Å². The van der Waals surface area contributed by atoms with Gasteiger partial charge in [-0.1, -0.05) is 26.0 Å². The molecule has 0 unspecified atom stereocenters. The Morgan fingerprint density at radius 1 is 1.30 bits per heavy atom. The van der Waals surface area contributed by atoms with E-state index in [9.17, 15) is 13.5 Å². The molecule has 1 saturated carbocycles. The Morgan fingerprint density at radius 2 is 1.95 bits per heavy atom.